The third-order valence-electron chi connectivity index (χ3n) is 2.52. The first-order chi connectivity index (χ1) is 8.51. The van der Waals surface area contributed by atoms with E-state index in [2.05, 4.69) is 0 Å². The quantitative estimate of drug-likeness (QED) is 0.858. The molecule has 0 fully saturated rings. The highest BCUT2D eigenvalue weighted by atomic mass is 35.5. The number of carboxylic acid groups (broad SMARTS) is 1. The first-order valence-corrected chi connectivity index (χ1v) is 5.61. The molecule has 1 aliphatic rings. The first kappa shape index (κ1) is 12.6. The molecule has 1 aromatic carbocycles. The van der Waals surface area contributed by atoms with Crippen LogP contribution in [0.5, 0.6) is 5.75 Å². The van der Waals surface area contributed by atoms with Crippen molar-refractivity contribution < 1.29 is 19.0 Å². The minimum atomic E-state index is -1.50. The molecule has 0 radical (unpaired) electrons. The third kappa shape index (κ3) is 2.54. The Morgan fingerprint density at radius 2 is 2.00 bits per heavy atom. The number of rotatable bonds is 3. The fraction of sp³-hybridized carbons (Fsp3) is 0.154. The van der Waals surface area contributed by atoms with Gasteiger partial charge < -0.3 is 9.84 Å². The van der Waals surface area contributed by atoms with Gasteiger partial charge in [-0.2, -0.15) is 0 Å². The van der Waals surface area contributed by atoms with E-state index >= 15 is 0 Å². The maximum atomic E-state index is 12.8. The summed E-state index contributed by atoms with van der Waals surface area (Å²) in [4.78, 5) is 11.1. The highest BCUT2D eigenvalue weighted by Crippen LogP contribution is 2.34. The Kier molecular flexibility index (Phi) is 3.39. The first-order valence-electron chi connectivity index (χ1n) is 5.23. The largest absolute Gasteiger partial charge is 0.481 e. The van der Waals surface area contributed by atoms with Crippen LogP contribution in [0.3, 0.4) is 0 Å². The molecule has 0 aliphatic heterocycles. The summed E-state index contributed by atoms with van der Waals surface area (Å²) in [7, 11) is 0. The zero-order valence-corrected chi connectivity index (χ0v) is 9.97. The zero-order valence-electron chi connectivity index (χ0n) is 9.22. The molecule has 1 aliphatic carbocycles. The van der Waals surface area contributed by atoms with Gasteiger partial charge in [-0.1, -0.05) is 29.8 Å². The second-order valence-corrected chi connectivity index (χ2v) is 4.40. The normalized spacial score (nSPS) is 26.0. The lowest BCUT2D eigenvalue weighted by atomic mass is 9.97. The van der Waals surface area contributed by atoms with Gasteiger partial charge in [-0.25, -0.2) is 4.39 Å². The number of aliphatic carboxylic acids is 1. The van der Waals surface area contributed by atoms with E-state index in [0.717, 1.165) is 0 Å². The van der Waals surface area contributed by atoms with Crippen LogP contribution in [0.15, 0.2) is 48.6 Å². The molecule has 5 heteroatoms. The molecule has 0 spiro atoms. The Hall–Kier alpha value is -1.81. The van der Waals surface area contributed by atoms with Crippen molar-refractivity contribution in [2.75, 3.05) is 0 Å². The summed E-state index contributed by atoms with van der Waals surface area (Å²) < 4.78 is 18.2. The number of hydrogen-bond acceptors (Lipinski definition) is 2. The van der Waals surface area contributed by atoms with Crippen LogP contribution in [0.25, 0.3) is 0 Å². The standard InChI is InChI=1S/C13H10ClFO3/c14-13(8-2-1-3-11(13)12(16)17)18-10-6-4-9(15)5-7-10/h1-8,11H,(H,16,17). The van der Waals surface area contributed by atoms with E-state index in [-0.39, 0.29) is 0 Å². The van der Waals surface area contributed by atoms with E-state index in [9.17, 15) is 9.18 Å². The molecule has 2 atom stereocenters. The molecule has 0 saturated carbocycles. The molecule has 2 unspecified atom stereocenters. The van der Waals surface area contributed by atoms with Crippen LogP contribution in [0.2, 0.25) is 0 Å². The molecule has 0 bridgehead atoms. The van der Waals surface area contributed by atoms with E-state index < -0.39 is 22.8 Å². The molecule has 18 heavy (non-hydrogen) atoms. The monoisotopic (exact) mass is 268 g/mol. The minimum absolute atomic E-state index is 0.303. The molecule has 2 rings (SSSR count). The Bertz CT molecular complexity index is 509. The minimum Gasteiger partial charge on any atom is -0.481 e. The number of ether oxygens (including phenoxy) is 1. The summed E-state index contributed by atoms with van der Waals surface area (Å²) in [6.45, 7) is 0. The van der Waals surface area contributed by atoms with Gasteiger partial charge >= 0.3 is 5.97 Å². The van der Waals surface area contributed by atoms with Gasteiger partial charge in [0, 0.05) is 0 Å². The smallest absolute Gasteiger partial charge is 0.316 e. The predicted octanol–water partition coefficient (Wildman–Crippen LogP) is 2.97. The van der Waals surface area contributed by atoms with Crippen molar-refractivity contribution in [1.29, 1.82) is 0 Å². The second kappa shape index (κ2) is 4.82. The summed E-state index contributed by atoms with van der Waals surface area (Å²) >= 11 is 6.18. The van der Waals surface area contributed by atoms with Gasteiger partial charge in [0.15, 0.2) is 0 Å². The van der Waals surface area contributed by atoms with E-state index in [1.807, 2.05) is 0 Å². The predicted molar refractivity (Wildman–Crippen MR) is 65.0 cm³/mol. The summed E-state index contributed by atoms with van der Waals surface area (Å²) in [5.41, 5.74) is 0. The molecule has 0 heterocycles. The van der Waals surface area contributed by atoms with Gasteiger partial charge in [0.05, 0.1) is 0 Å². The maximum Gasteiger partial charge on any atom is 0.316 e. The number of alkyl halides is 1. The molecule has 1 aromatic rings. The second-order valence-electron chi connectivity index (χ2n) is 3.81. The van der Waals surface area contributed by atoms with Gasteiger partial charge in [0.25, 0.3) is 0 Å². The number of carboxylic acids is 1. The van der Waals surface area contributed by atoms with Gasteiger partial charge in [-0.05, 0) is 30.3 Å². The van der Waals surface area contributed by atoms with Crippen LogP contribution in [-0.4, -0.2) is 16.1 Å². The van der Waals surface area contributed by atoms with Crippen LogP contribution in [0.4, 0.5) is 4.39 Å². The zero-order chi connectivity index (χ0) is 13.2. The summed E-state index contributed by atoms with van der Waals surface area (Å²) in [6, 6.07) is 5.22. The highest BCUT2D eigenvalue weighted by molar-refractivity contribution is 6.26. The number of allylic oxidation sites excluding steroid dienone is 2. The SMILES string of the molecule is O=C(O)C1C=CC=CC1(Cl)Oc1ccc(F)cc1. The summed E-state index contributed by atoms with van der Waals surface area (Å²) in [5, 5.41) is 7.58. The summed E-state index contributed by atoms with van der Waals surface area (Å²) in [5.74, 6) is -2.20. The van der Waals surface area contributed by atoms with E-state index in [4.69, 9.17) is 21.4 Å². The van der Waals surface area contributed by atoms with Crippen LogP contribution in [-0.2, 0) is 4.79 Å². The lowest BCUT2D eigenvalue weighted by molar-refractivity contribution is -0.142. The third-order valence-corrected chi connectivity index (χ3v) is 2.95. The molecule has 0 amide bonds. The average Bonchev–Trinajstić information content (AvgIpc) is 2.32. The number of halogens is 2. The van der Waals surface area contributed by atoms with Crippen molar-refractivity contribution in [1.82, 2.24) is 0 Å². The van der Waals surface area contributed by atoms with Gasteiger partial charge in [-0.15, -0.1) is 0 Å². The Labute approximate surface area is 108 Å². The maximum absolute atomic E-state index is 12.8. The van der Waals surface area contributed by atoms with Gasteiger partial charge in [-0.3, -0.25) is 4.79 Å². The van der Waals surface area contributed by atoms with E-state index in [1.165, 1.54) is 36.4 Å². The van der Waals surface area contributed by atoms with Crippen molar-refractivity contribution in [2.45, 2.75) is 5.06 Å². The Morgan fingerprint density at radius 1 is 1.33 bits per heavy atom. The van der Waals surface area contributed by atoms with E-state index in [0.29, 0.717) is 5.75 Å². The lowest BCUT2D eigenvalue weighted by Gasteiger charge is -2.30. The van der Waals surface area contributed by atoms with Crippen LogP contribution in [0, 0.1) is 11.7 Å². The summed E-state index contributed by atoms with van der Waals surface area (Å²) in [6.07, 6.45) is 6.10. The topological polar surface area (TPSA) is 46.5 Å². The Morgan fingerprint density at radius 3 is 2.61 bits per heavy atom. The number of benzene rings is 1. The van der Waals surface area contributed by atoms with Crippen LogP contribution in [0.1, 0.15) is 0 Å². The van der Waals surface area contributed by atoms with Crippen molar-refractivity contribution >= 4 is 17.6 Å². The molecular formula is C13H10ClFO3. The molecule has 1 N–H and O–H groups in total. The van der Waals surface area contributed by atoms with Gasteiger partial charge in [0.1, 0.15) is 17.5 Å². The fourth-order valence-corrected chi connectivity index (χ4v) is 1.96. The highest BCUT2D eigenvalue weighted by Gasteiger charge is 2.41. The van der Waals surface area contributed by atoms with E-state index in [1.54, 1.807) is 12.2 Å². The van der Waals surface area contributed by atoms with Crippen molar-refractivity contribution in [2.24, 2.45) is 5.92 Å². The van der Waals surface area contributed by atoms with Crippen LogP contribution < -0.4 is 4.74 Å². The molecular weight excluding hydrogens is 259 g/mol. The fourth-order valence-electron chi connectivity index (χ4n) is 1.63. The number of carbonyl (C=O) groups is 1. The Balaban J connectivity index is 2.25. The lowest BCUT2D eigenvalue weighted by Crippen LogP contribution is -2.40. The van der Waals surface area contributed by atoms with Crippen molar-refractivity contribution in [3.63, 3.8) is 0 Å². The van der Waals surface area contributed by atoms with Crippen molar-refractivity contribution in [3.8, 4) is 5.75 Å². The molecule has 0 saturated heterocycles. The molecule has 3 nitrogen and oxygen atoms in total. The van der Waals surface area contributed by atoms with Crippen LogP contribution >= 0.6 is 11.6 Å². The number of hydrogen-bond donors (Lipinski definition) is 1. The molecule has 94 valence electrons. The van der Waals surface area contributed by atoms with Gasteiger partial charge in [0.2, 0.25) is 5.06 Å². The average molecular weight is 269 g/mol. The van der Waals surface area contributed by atoms with Crippen molar-refractivity contribution in [3.05, 3.63) is 54.4 Å². The molecule has 0 aromatic heterocycles.